The lowest BCUT2D eigenvalue weighted by molar-refractivity contribution is -0.103. The molecule has 0 radical (unpaired) electrons. The van der Waals surface area contributed by atoms with Crippen molar-refractivity contribution in [3.63, 3.8) is 0 Å². The van der Waals surface area contributed by atoms with Crippen LogP contribution in [0.2, 0.25) is 0 Å². The van der Waals surface area contributed by atoms with Gasteiger partial charge in [-0.15, -0.1) is 0 Å². The molecule has 0 heterocycles. The van der Waals surface area contributed by atoms with E-state index in [1.54, 1.807) is 12.2 Å². The molecule has 0 saturated carbocycles. The second-order valence-corrected chi connectivity index (χ2v) is 3.17. The maximum Gasteiger partial charge on any atom is 0.222 e. The van der Waals surface area contributed by atoms with Gasteiger partial charge in [-0.05, 0) is 45.8 Å². The third-order valence-electron chi connectivity index (χ3n) is 1.84. The van der Waals surface area contributed by atoms with Gasteiger partial charge in [-0.25, -0.2) is 0 Å². The highest BCUT2D eigenvalue weighted by Gasteiger charge is 2.02. The molecule has 4 nitrogen and oxygen atoms in total. The molecule has 0 aromatic carbocycles. The number of hydrogen-bond donors (Lipinski definition) is 0. The molecular formula is C14H24O4. The van der Waals surface area contributed by atoms with Crippen LogP contribution in [0.25, 0.3) is 0 Å². The summed E-state index contributed by atoms with van der Waals surface area (Å²) in [6.45, 7) is 10.0. The molecule has 0 aromatic rings. The molecule has 0 fully saturated rings. The van der Waals surface area contributed by atoms with Gasteiger partial charge in [0.25, 0.3) is 0 Å². The van der Waals surface area contributed by atoms with E-state index in [0.717, 1.165) is 0 Å². The summed E-state index contributed by atoms with van der Waals surface area (Å²) in [7, 11) is 0. The van der Waals surface area contributed by atoms with Gasteiger partial charge in [0.15, 0.2) is 6.29 Å². The molecule has 0 N–H and O–H groups in total. The van der Waals surface area contributed by atoms with E-state index in [1.165, 1.54) is 0 Å². The Morgan fingerprint density at radius 3 is 1.78 bits per heavy atom. The summed E-state index contributed by atoms with van der Waals surface area (Å²) in [4.78, 5) is 0. The van der Waals surface area contributed by atoms with E-state index in [9.17, 15) is 0 Å². The van der Waals surface area contributed by atoms with Crippen molar-refractivity contribution in [2.45, 2.75) is 40.3 Å². The van der Waals surface area contributed by atoms with E-state index in [0.29, 0.717) is 26.4 Å². The zero-order chi connectivity index (χ0) is 13.6. The molecular weight excluding hydrogens is 232 g/mol. The molecule has 0 spiro atoms. The molecule has 0 aromatic heterocycles. The first-order valence-electron chi connectivity index (χ1n) is 6.42. The highest BCUT2D eigenvalue weighted by atomic mass is 16.7. The number of allylic oxidation sites excluding steroid dienone is 1. The summed E-state index contributed by atoms with van der Waals surface area (Å²) in [6.07, 6.45) is 2.66. The summed E-state index contributed by atoms with van der Waals surface area (Å²) < 4.78 is 21.3. The monoisotopic (exact) mass is 256 g/mol. The normalized spacial score (nSPS) is 11.2. The van der Waals surface area contributed by atoms with Crippen molar-refractivity contribution in [2.75, 3.05) is 26.4 Å². The van der Waals surface area contributed by atoms with Gasteiger partial charge in [0, 0.05) is 26.4 Å². The minimum absolute atomic E-state index is 0.341. The standard InChI is InChI=1S/C14H24O4/c1-5-15-13(16-6-2)11-9-10-12-14(17-7-3)18-8-4/h9,11,13-14H,5-8H2,1-4H3/b11-9+. The van der Waals surface area contributed by atoms with Crippen LogP contribution < -0.4 is 0 Å². The topological polar surface area (TPSA) is 36.9 Å². The Kier molecular flexibility index (Phi) is 12.0. The van der Waals surface area contributed by atoms with E-state index in [1.807, 2.05) is 27.7 Å². The Bertz CT molecular complexity index is 253. The minimum atomic E-state index is -0.470. The highest BCUT2D eigenvalue weighted by Crippen LogP contribution is 1.97. The van der Waals surface area contributed by atoms with Crippen LogP contribution in [-0.4, -0.2) is 39.0 Å². The Morgan fingerprint density at radius 1 is 0.833 bits per heavy atom. The van der Waals surface area contributed by atoms with Gasteiger partial charge in [-0.1, -0.05) is 5.92 Å². The molecule has 0 aliphatic heterocycles. The SMILES string of the molecule is CCOC(C#C/C=C/C(OCC)OCC)OCC. The molecule has 0 aliphatic rings. The molecule has 0 saturated heterocycles. The number of hydrogen-bond acceptors (Lipinski definition) is 4. The maximum atomic E-state index is 5.35. The number of rotatable bonds is 9. The lowest BCUT2D eigenvalue weighted by Crippen LogP contribution is -2.15. The van der Waals surface area contributed by atoms with Crippen molar-refractivity contribution >= 4 is 0 Å². The summed E-state index contributed by atoms with van der Waals surface area (Å²) in [5, 5.41) is 0. The van der Waals surface area contributed by atoms with Crippen LogP contribution in [0.4, 0.5) is 0 Å². The fourth-order valence-electron chi connectivity index (χ4n) is 1.16. The van der Waals surface area contributed by atoms with Gasteiger partial charge in [-0.2, -0.15) is 0 Å². The predicted molar refractivity (Wildman–Crippen MR) is 71.0 cm³/mol. The zero-order valence-corrected chi connectivity index (χ0v) is 11.8. The van der Waals surface area contributed by atoms with Crippen LogP contribution in [0.5, 0.6) is 0 Å². The first-order chi connectivity index (χ1) is 8.78. The maximum absolute atomic E-state index is 5.35. The van der Waals surface area contributed by atoms with E-state index < -0.39 is 6.29 Å². The Morgan fingerprint density at radius 2 is 1.33 bits per heavy atom. The summed E-state index contributed by atoms with van der Waals surface area (Å²) in [5.41, 5.74) is 0. The van der Waals surface area contributed by atoms with Crippen molar-refractivity contribution in [3.05, 3.63) is 12.2 Å². The fourth-order valence-corrected chi connectivity index (χ4v) is 1.16. The smallest absolute Gasteiger partial charge is 0.222 e. The van der Waals surface area contributed by atoms with Gasteiger partial charge < -0.3 is 18.9 Å². The van der Waals surface area contributed by atoms with Gasteiger partial charge >= 0.3 is 0 Å². The molecule has 0 bridgehead atoms. The van der Waals surface area contributed by atoms with Crippen molar-refractivity contribution in [2.24, 2.45) is 0 Å². The van der Waals surface area contributed by atoms with Gasteiger partial charge in [0.2, 0.25) is 6.29 Å². The molecule has 0 atom stereocenters. The van der Waals surface area contributed by atoms with Crippen molar-refractivity contribution < 1.29 is 18.9 Å². The molecule has 4 heteroatoms. The molecule has 0 unspecified atom stereocenters. The third kappa shape index (κ3) is 9.20. The van der Waals surface area contributed by atoms with Crippen LogP contribution in [0.3, 0.4) is 0 Å². The van der Waals surface area contributed by atoms with Gasteiger partial charge in [0.05, 0.1) is 0 Å². The van der Waals surface area contributed by atoms with Crippen molar-refractivity contribution in [1.29, 1.82) is 0 Å². The molecule has 0 amide bonds. The predicted octanol–water partition coefficient (Wildman–Crippen LogP) is 2.34. The van der Waals surface area contributed by atoms with Crippen molar-refractivity contribution in [3.8, 4) is 11.8 Å². The Labute approximate surface area is 110 Å². The van der Waals surface area contributed by atoms with Gasteiger partial charge in [0.1, 0.15) is 0 Å². The Hall–Kier alpha value is -0.860. The quantitative estimate of drug-likeness (QED) is 0.469. The van der Waals surface area contributed by atoms with E-state index >= 15 is 0 Å². The van der Waals surface area contributed by atoms with Crippen LogP contribution in [0, 0.1) is 11.8 Å². The largest absolute Gasteiger partial charge is 0.349 e. The average Bonchev–Trinajstić information content (AvgIpc) is 2.35. The van der Waals surface area contributed by atoms with Crippen molar-refractivity contribution in [1.82, 2.24) is 0 Å². The van der Waals surface area contributed by atoms with Crippen LogP contribution in [0.15, 0.2) is 12.2 Å². The minimum Gasteiger partial charge on any atom is -0.349 e. The molecule has 0 aliphatic carbocycles. The van der Waals surface area contributed by atoms with E-state index in [-0.39, 0.29) is 6.29 Å². The van der Waals surface area contributed by atoms with Crippen LogP contribution >= 0.6 is 0 Å². The van der Waals surface area contributed by atoms with Crippen LogP contribution in [-0.2, 0) is 18.9 Å². The summed E-state index contributed by atoms with van der Waals surface area (Å²) in [5.74, 6) is 5.73. The second kappa shape index (κ2) is 12.6. The molecule has 104 valence electrons. The Balaban J connectivity index is 4.23. The highest BCUT2D eigenvalue weighted by molar-refractivity contribution is 5.17. The summed E-state index contributed by atoms with van der Waals surface area (Å²) >= 11 is 0. The lowest BCUT2D eigenvalue weighted by atomic mass is 10.4. The average molecular weight is 256 g/mol. The molecule has 18 heavy (non-hydrogen) atoms. The molecule has 0 rings (SSSR count). The lowest BCUT2D eigenvalue weighted by Gasteiger charge is -2.11. The first kappa shape index (κ1) is 17.1. The summed E-state index contributed by atoms with van der Waals surface area (Å²) in [6, 6.07) is 0. The third-order valence-corrected chi connectivity index (χ3v) is 1.84. The van der Waals surface area contributed by atoms with E-state index in [4.69, 9.17) is 18.9 Å². The van der Waals surface area contributed by atoms with Crippen LogP contribution in [0.1, 0.15) is 27.7 Å². The van der Waals surface area contributed by atoms with Gasteiger partial charge in [-0.3, -0.25) is 0 Å². The second-order valence-electron chi connectivity index (χ2n) is 3.17. The first-order valence-corrected chi connectivity index (χ1v) is 6.42. The fraction of sp³-hybridized carbons (Fsp3) is 0.714. The van der Waals surface area contributed by atoms with E-state index in [2.05, 4.69) is 11.8 Å². The number of ether oxygens (including phenoxy) is 4. The zero-order valence-electron chi connectivity index (χ0n) is 11.8.